The topological polar surface area (TPSA) is 120 Å². The van der Waals surface area contributed by atoms with Crippen LogP contribution in [0.15, 0.2) is 42.5 Å². The Morgan fingerprint density at radius 2 is 1.72 bits per heavy atom. The average molecular weight is 639 g/mol. The number of carbonyl (C=O) groups excluding carboxylic acids is 5. The number of carbonyl (C=O) groups is 5. The molecular formula is C36H50N2O8. The van der Waals surface area contributed by atoms with Crippen LogP contribution >= 0.6 is 0 Å². The molecule has 2 heterocycles. The van der Waals surface area contributed by atoms with Gasteiger partial charge in [-0.05, 0) is 62.8 Å². The maximum absolute atomic E-state index is 14.4. The molecule has 5 atom stereocenters. The first kappa shape index (κ1) is 35.2. The van der Waals surface area contributed by atoms with Crippen molar-refractivity contribution >= 4 is 29.7 Å². The molecule has 10 heteroatoms. The van der Waals surface area contributed by atoms with Crippen LogP contribution in [0.3, 0.4) is 0 Å². The molecule has 0 unspecified atom stereocenters. The van der Waals surface area contributed by atoms with Gasteiger partial charge in [-0.15, -0.1) is 0 Å². The van der Waals surface area contributed by atoms with Gasteiger partial charge in [0.2, 0.25) is 5.91 Å². The van der Waals surface area contributed by atoms with Crippen LogP contribution in [0.5, 0.6) is 0 Å². The van der Waals surface area contributed by atoms with Gasteiger partial charge in [0, 0.05) is 26.1 Å². The standard InChI is InChI=1S/C36H50N2O8/c1-35(2,3)46-29(40)20-26-21-37(34(43)45-23-24-15-11-10-12-16-24)18-14-9-7-8-13-17-25(33(42)44-6)19-28(39)31-30-27(36(30,4)5)22-38(31)32(26)41/h9-12,14-16,25-27,30-31H,7-8,13,17-23H2,1-6H3/t25-,26+,27+,30+,31-/m1/s1. The average Bonchev–Trinajstić information content (AvgIpc) is 3.31. The maximum Gasteiger partial charge on any atom is 0.410 e. The summed E-state index contributed by atoms with van der Waals surface area (Å²) in [7, 11) is 1.33. The van der Waals surface area contributed by atoms with Gasteiger partial charge >= 0.3 is 18.0 Å². The predicted octanol–water partition coefficient (Wildman–Crippen LogP) is 5.33. The third kappa shape index (κ3) is 8.76. The second-order valence-electron chi connectivity index (χ2n) is 14.5. The third-order valence-electron chi connectivity index (χ3n) is 9.56. The third-order valence-corrected chi connectivity index (χ3v) is 9.56. The molecule has 1 saturated heterocycles. The number of esters is 2. The number of hydrogen-bond acceptors (Lipinski definition) is 8. The lowest BCUT2D eigenvalue weighted by Gasteiger charge is -2.35. The number of amides is 2. The van der Waals surface area contributed by atoms with Crippen LogP contribution < -0.4 is 0 Å². The van der Waals surface area contributed by atoms with Crippen molar-refractivity contribution in [2.45, 2.75) is 91.4 Å². The minimum absolute atomic E-state index is 0.00900. The molecular weight excluding hydrogens is 588 g/mol. The second-order valence-corrected chi connectivity index (χ2v) is 14.5. The lowest BCUT2D eigenvalue weighted by Crippen LogP contribution is -2.51. The molecule has 1 saturated carbocycles. The van der Waals surface area contributed by atoms with E-state index in [9.17, 15) is 24.0 Å². The Bertz CT molecular complexity index is 1300. The number of fused-ring (bicyclic) bond motifs is 3. The molecule has 0 aromatic heterocycles. The highest BCUT2D eigenvalue weighted by atomic mass is 16.6. The molecule has 2 aliphatic heterocycles. The number of piperidine rings is 1. The predicted molar refractivity (Wildman–Crippen MR) is 171 cm³/mol. The molecule has 2 fully saturated rings. The molecule has 1 aromatic rings. The number of hydrogen-bond donors (Lipinski definition) is 0. The van der Waals surface area contributed by atoms with Gasteiger partial charge in [0.15, 0.2) is 5.78 Å². The quantitative estimate of drug-likeness (QED) is 0.241. The summed E-state index contributed by atoms with van der Waals surface area (Å²) in [4.78, 5) is 70.8. The van der Waals surface area contributed by atoms with Gasteiger partial charge in [0.05, 0.1) is 31.4 Å². The van der Waals surface area contributed by atoms with Crippen LogP contribution in [0.1, 0.15) is 78.7 Å². The highest BCUT2D eigenvalue weighted by Crippen LogP contribution is 2.65. The molecule has 10 nitrogen and oxygen atoms in total. The number of ether oxygens (including phenoxy) is 3. The highest BCUT2D eigenvalue weighted by Gasteiger charge is 2.69. The Morgan fingerprint density at radius 3 is 2.39 bits per heavy atom. The summed E-state index contributed by atoms with van der Waals surface area (Å²) in [6, 6.07) is 8.61. The number of benzene rings is 1. The summed E-state index contributed by atoms with van der Waals surface area (Å²) in [5.74, 6) is -2.99. The van der Waals surface area contributed by atoms with Crippen molar-refractivity contribution in [2.75, 3.05) is 26.7 Å². The van der Waals surface area contributed by atoms with Crippen molar-refractivity contribution in [3.05, 3.63) is 48.0 Å². The van der Waals surface area contributed by atoms with Crippen LogP contribution in [0, 0.1) is 29.1 Å². The number of Topliss-reactive ketones (excluding diaryl/α,β-unsaturated/α-hetero) is 1. The zero-order valence-corrected chi connectivity index (χ0v) is 28.2. The first-order chi connectivity index (χ1) is 21.7. The van der Waals surface area contributed by atoms with Crippen molar-refractivity contribution in [2.24, 2.45) is 29.1 Å². The summed E-state index contributed by atoms with van der Waals surface area (Å²) in [5.41, 5.74) is -0.0686. The van der Waals surface area contributed by atoms with Gasteiger partial charge in [0.1, 0.15) is 12.2 Å². The zero-order valence-electron chi connectivity index (χ0n) is 28.2. The number of rotatable bonds is 5. The van der Waals surface area contributed by atoms with Gasteiger partial charge in [-0.3, -0.25) is 19.2 Å². The van der Waals surface area contributed by atoms with Gasteiger partial charge < -0.3 is 24.0 Å². The summed E-state index contributed by atoms with van der Waals surface area (Å²) in [6.45, 7) is 10.00. The van der Waals surface area contributed by atoms with Gasteiger partial charge in [-0.25, -0.2) is 4.79 Å². The first-order valence-electron chi connectivity index (χ1n) is 16.5. The van der Waals surface area contributed by atoms with Gasteiger partial charge in [-0.1, -0.05) is 62.8 Å². The number of nitrogens with zero attached hydrogens (tertiary/aromatic N) is 2. The van der Waals surface area contributed by atoms with E-state index in [0.717, 1.165) is 18.4 Å². The fourth-order valence-electron chi connectivity index (χ4n) is 7.04. The molecule has 3 aliphatic rings. The minimum atomic E-state index is -0.965. The largest absolute Gasteiger partial charge is 0.469 e. The minimum Gasteiger partial charge on any atom is -0.469 e. The normalized spacial score (nSPS) is 27.0. The number of allylic oxidation sites excluding steroid dienone is 1. The Morgan fingerprint density at radius 1 is 1.00 bits per heavy atom. The fraction of sp³-hybridized carbons (Fsp3) is 0.639. The van der Waals surface area contributed by atoms with E-state index in [1.807, 2.05) is 42.5 Å². The molecule has 0 bridgehead atoms. The van der Waals surface area contributed by atoms with Gasteiger partial charge in [-0.2, -0.15) is 0 Å². The lowest BCUT2D eigenvalue weighted by atomic mass is 9.89. The van der Waals surface area contributed by atoms with Crippen molar-refractivity contribution in [1.82, 2.24) is 9.80 Å². The Hall–Kier alpha value is -3.69. The number of ketones is 1. The Labute approximate surface area is 272 Å². The van der Waals surface area contributed by atoms with E-state index in [-0.39, 0.29) is 61.5 Å². The van der Waals surface area contributed by atoms with Crippen LogP contribution in [0.25, 0.3) is 0 Å². The van der Waals surface area contributed by atoms with Crippen molar-refractivity contribution < 1.29 is 38.2 Å². The smallest absolute Gasteiger partial charge is 0.410 e. The second kappa shape index (κ2) is 14.8. The Balaban J connectivity index is 1.66. The monoisotopic (exact) mass is 638 g/mol. The van der Waals surface area contributed by atoms with E-state index >= 15 is 0 Å². The molecule has 0 spiro atoms. The van der Waals surface area contributed by atoms with Crippen molar-refractivity contribution in [3.63, 3.8) is 0 Å². The van der Waals surface area contributed by atoms with Crippen LogP contribution in [-0.4, -0.2) is 77.9 Å². The van der Waals surface area contributed by atoms with E-state index in [1.54, 1.807) is 25.7 Å². The lowest BCUT2D eigenvalue weighted by molar-refractivity contribution is -0.159. The van der Waals surface area contributed by atoms with E-state index in [4.69, 9.17) is 14.2 Å². The summed E-state index contributed by atoms with van der Waals surface area (Å²) < 4.78 is 16.3. The van der Waals surface area contributed by atoms with Crippen LogP contribution in [0.2, 0.25) is 0 Å². The van der Waals surface area contributed by atoms with E-state index < -0.39 is 41.5 Å². The summed E-state index contributed by atoms with van der Waals surface area (Å²) in [5, 5.41) is 0. The molecule has 46 heavy (non-hydrogen) atoms. The zero-order chi connectivity index (χ0) is 33.6. The molecule has 252 valence electrons. The first-order valence-corrected chi connectivity index (χ1v) is 16.5. The maximum atomic E-state index is 14.4. The number of methoxy groups -OCH3 is 1. The molecule has 1 aliphatic carbocycles. The van der Waals surface area contributed by atoms with E-state index in [2.05, 4.69) is 13.8 Å². The Kier molecular flexibility index (Phi) is 11.3. The summed E-state index contributed by atoms with van der Waals surface area (Å²) >= 11 is 0. The van der Waals surface area contributed by atoms with Crippen LogP contribution in [0.4, 0.5) is 4.79 Å². The summed E-state index contributed by atoms with van der Waals surface area (Å²) in [6.07, 6.45) is 5.68. The van der Waals surface area contributed by atoms with Crippen molar-refractivity contribution in [1.29, 1.82) is 0 Å². The molecule has 0 N–H and O–H groups in total. The molecule has 2 amide bonds. The fourth-order valence-corrected chi connectivity index (χ4v) is 7.04. The molecule has 1 aromatic carbocycles. The van der Waals surface area contributed by atoms with E-state index in [0.29, 0.717) is 19.4 Å². The van der Waals surface area contributed by atoms with E-state index in [1.165, 1.54) is 12.0 Å². The van der Waals surface area contributed by atoms with Gasteiger partial charge in [0.25, 0.3) is 0 Å². The molecule has 4 rings (SSSR count). The van der Waals surface area contributed by atoms with Crippen LogP contribution in [-0.2, 0) is 40.0 Å². The molecule has 0 radical (unpaired) electrons. The highest BCUT2D eigenvalue weighted by molar-refractivity contribution is 5.94. The SMILES string of the molecule is COC(=O)[C@@H]1CCCCC=CCN(C(=O)OCc2ccccc2)C[C@H](CC(=O)OC(C)(C)C)C(=O)N2C[C@H]3[C@@H]([C@H]2C(=O)C1)C3(C)C. The van der Waals surface area contributed by atoms with Crippen molar-refractivity contribution in [3.8, 4) is 0 Å².